The third-order valence-electron chi connectivity index (χ3n) is 4.57. The fourth-order valence-corrected chi connectivity index (χ4v) is 3.24. The molecule has 0 saturated carbocycles. The van der Waals surface area contributed by atoms with E-state index in [1.165, 1.54) is 18.4 Å². The van der Waals surface area contributed by atoms with Gasteiger partial charge in [-0.25, -0.2) is 4.79 Å². The van der Waals surface area contributed by atoms with Gasteiger partial charge >= 0.3 is 6.03 Å². The number of benzene rings is 1. The van der Waals surface area contributed by atoms with Gasteiger partial charge in [0.2, 0.25) is 0 Å². The van der Waals surface area contributed by atoms with Crippen LogP contribution in [0, 0.1) is 0 Å². The Hall–Kier alpha value is -2.34. The molecule has 0 radical (unpaired) electrons. The number of nitrogens with one attached hydrogen (secondary N) is 3. The molecule has 6 heteroatoms. The Morgan fingerprint density at radius 3 is 2.63 bits per heavy atom. The Bertz CT molecular complexity index is 641. The highest BCUT2D eigenvalue weighted by Crippen LogP contribution is 2.19. The predicted octanol–water partition coefficient (Wildman–Crippen LogP) is 1.82. The Balaban J connectivity index is 1.64. The minimum absolute atomic E-state index is 0.242. The number of rotatable bonds is 9. The van der Waals surface area contributed by atoms with E-state index in [9.17, 15) is 9.59 Å². The zero-order valence-corrected chi connectivity index (χ0v) is 16.5. The summed E-state index contributed by atoms with van der Waals surface area (Å²) in [6.45, 7) is 4.11. The first-order valence-corrected chi connectivity index (χ1v) is 9.85. The Morgan fingerprint density at radius 2 is 1.96 bits per heavy atom. The van der Waals surface area contributed by atoms with Gasteiger partial charge in [-0.2, -0.15) is 0 Å². The normalized spacial score (nSPS) is 14.8. The van der Waals surface area contributed by atoms with Gasteiger partial charge in [0.25, 0.3) is 5.91 Å². The summed E-state index contributed by atoms with van der Waals surface area (Å²) in [6.07, 6.45) is 7.90. The van der Waals surface area contributed by atoms with Crippen molar-refractivity contribution in [1.82, 2.24) is 10.6 Å². The van der Waals surface area contributed by atoms with E-state index >= 15 is 0 Å². The number of likely N-dealkylation sites (N-methyl/N-ethyl adjacent to an activating group) is 1. The van der Waals surface area contributed by atoms with Crippen molar-refractivity contribution in [2.75, 3.05) is 26.7 Å². The van der Waals surface area contributed by atoms with Crippen LogP contribution in [-0.4, -0.2) is 38.7 Å². The minimum Gasteiger partial charge on any atom is -0.494 e. The predicted molar refractivity (Wildman–Crippen MR) is 106 cm³/mol. The maximum Gasteiger partial charge on any atom is 0.321 e. The molecular formula is C21H32N3O3+. The second-order valence-electron chi connectivity index (χ2n) is 7.05. The minimum atomic E-state index is -0.412. The number of amides is 3. The first-order valence-electron chi connectivity index (χ1n) is 9.85. The molecular weight excluding hydrogens is 342 g/mol. The molecule has 0 bridgehead atoms. The molecule has 0 aliphatic heterocycles. The number of carbonyl (C=O) groups is 2. The molecule has 27 heavy (non-hydrogen) atoms. The molecule has 148 valence electrons. The molecule has 6 nitrogen and oxygen atoms in total. The van der Waals surface area contributed by atoms with E-state index < -0.39 is 6.03 Å². The molecule has 0 fully saturated rings. The molecule has 1 aromatic carbocycles. The van der Waals surface area contributed by atoms with Gasteiger partial charge in [0, 0.05) is 12.1 Å². The van der Waals surface area contributed by atoms with E-state index in [1.807, 2.05) is 38.2 Å². The van der Waals surface area contributed by atoms with Crippen molar-refractivity contribution in [1.29, 1.82) is 0 Å². The van der Waals surface area contributed by atoms with Crippen LogP contribution in [0.3, 0.4) is 0 Å². The van der Waals surface area contributed by atoms with Crippen LogP contribution in [0.15, 0.2) is 35.9 Å². The topological polar surface area (TPSA) is 71.9 Å². The average molecular weight is 375 g/mol. The number of urea groups is 1. The number of hydrogen-bond acceptors (Lipinski definition) is 3. The van der Waals surface area contributed by atoms with Crippen molar-refractivity contribution in [2.24, 2.45) is 0 Å². The molecule has 1 aliphatic carbocycles. The summed E-state index contributed by atoms with van der Waals surface area (Å²) in [4.78, 5) is 24.9. The van der Waals surface area contributed by atoms with E-state index in [1.54, 1.807) is 0 Å². The first-order chi connectivity index (χ1) is 13.1. The molecule has 0 heterocycles. The second kappa shape index (κ2) is 11.4. The zero-order chi connectivity index (χ0) is 19.5. The first kappa shape index (κ1) is 21.0. The number of quaternary nitrogens is 1. The van der Waals surface area contributed by atoms with Gasteiger partial charge in [-0.15, -0.1) is 0 Å². The van der Waals surface area contributed by atoms with E-state index in [4.69, 9.17) is 4.74 Å². The molecule has 1 atom stereocenters. The lowest BCUT2D eigenvalue weighted by Gasteiger charge is -2.15. The summed E-state index contributed by atoms with van der Waals surface area (Å²) >= 11 is 0. The van der Waals surface area contributed by atoms with E-state index in [-0.39, 0.29) is 12.5 Å². The lowest BCUT2D eigenvalue weighted by Crippen LogP contribution is -3.09. The van der Waals surface area contributed by atoms with Crippen molar-refractivity contribution in [3.8, 4) is 5.75 Å². The summed E-state index contributed by atoms with van der Waals surface area (Å²) in [7, 11) is 1.93. The van der Waals surface area contributed by atoms with E-state index in [0.717, 1.165) is 35.5 Å². The number of allylic oxidation sites excluding steroid dienone is 1. The lowest BCUT2D eigenvalue weighted by atomic mass is 9.97. The summed E-state index contributed by atoms with van der Waals surface area (Å²) in [5.41, 5.74) is 2.53. The van der Waals surface area contributed by atoms with Gasteiger partial charge in [0.15, 0.2) is 6.54 Å². The molecule has 0 spiro atoms. The molecule has 1 aliphatic rings. The van der Waals surface area contributed by atoms with Crippen molar-refractivity contribution in [2.45, 2.75) is 45.6 Å². The third-order valence-corrected chi connectivity index (χ3v) is 4.57. The number of carbonyl (C=O) groups excluding carboxylic acids is 2. The fraction of sp³-hybridized carbons (Fsp3) is 0.524. The Labute approximate surface area is 162 Å². The zero-order valence-electron chi connectivity index (χ0n) is 16.5. The van der Waals surface area contributed by atoms with Crippen LogP contribution >= 0.6 is 0 Å². The molecule has 0 aromatic heterocycles. The van der Waals surface area contributed by atoms with Crippen LogP contribution in [0.5, 0.6) is 5.75 Å². The number of ether oxygens (including phenoxy) is 1. The van der Waals surface area contributed by atoms with Crippen LogP contribution in [0.25, 0.3) is 0 Å². The number of hydrogen-bond donors (Lipinski definition) is 3. The standard InChI is InChI=1S/C21H31N3O3/c1-3-27-19-11-9-18(10-12-19)15-24(2)16-20(25)23-21(26)22-14-13-17-7-5-4-6-8-17/h7,9-12H,3-6,8,13-16H2,1-2H3,(H2,22,23,25,26)/p+1. The monoisotopic (exact) mass is 374 g/mol. The molecule has 1 aromatic rings. The Kier molecular flexibility index (Phi) is 8.84. The van der Waals surface area contributed by atoms with Crippen LogP contribution < -0.4 is 20.3 Å². The molecule has 0 saturated heterocycles. The Morgan fingerprint density at radius 1 is 1.19 bits per heavy atom. The summed E-state index contributed by atoms with van der Waals surface area (Å²) in [6, 6.07) is 7.45. The van der Waals surface area contributed by atoms with E-state index in [2.05, 4.69) is 16.7 Å². The van der Waals surface area contributed by atoms with Gasteiger partial charge in [0.1, 0.15) is 12.3 Å². The highest BCUT2D eigenvalue weighted by molar-refractivity contribution is 5.94. The van der Waals surface area contributed by atoms with Gasteiger partial charge in [-0.1, -0.05) is 11.6 Å². The summed E-state index contributed by atoms with van der Waals surface area (Å²) in [5, 5.41) is 5.18. The van der Waals surface area contributed by atoms with Gasteiger partial charge in [-0.05, 0) is 63.3 Å². The van der Waals surface area contributed by atoms with Crippen LogP contribution in [0.1, 0.15) is 44.6 Å². The lowest BCUT2D eigenvalue weighted by molar-refractivity contribution is -0.885. The molecule has 3 N–H and O–H groups in total. The third kappa shape index (κ3) is 8.26. The maximum atomic E-state index is 12.0. The highest BCUT2D eigenvalue weighted by atomic mass is 16.5. The quantitative estimate of drug-likeness (QED) is 0.578. The summed E-state index contributed by atoms with van der Waals surface area (Å²) in [5.74, 6) is 0.574. The summed E-state index contributed by atoms with van der Waals surface area (Å²) < 4.78 is 5.43. The average Bonchev–Trinajstić information content (AvgIpc) is 2.64. The van der Waals surface area contributed by atoms with Crippen LogP contribution in [-0.2, 0) is 11.3 Å². The molecule has 2 rings (SSSR count). The molecule has 3 amide bonds. The van der Waals surface area contributed by atoms with Crippen molar-refractivity contribution in [3.63, 3.8) is 0 Å². The van der Waals surface area contributed by atoms with Gasteiger partial charge in [-0.3, -0.25) is 10.1 Å². The van der Waals surface area contributed by atoms with Crippen molar-refractivity contribution < 1.29 is 19.2 Å². The molecule has 1 unspecified atom stereocenters. The van der Waals surface area contributed by atoms with Crippen LogP contribution in [0.2, 0.25) is 0 Å². The SMILES string of the molecule is CCOc1ccc(C[NH+](C)CC(=O)NC(=O)NCCC2=CCCCC2)cc1. The van der Waals surface area contributed by atoms with Crippen molar-refractivity contribution >= 4 is 11.9 Å². The van der Waals surface area contributed by atoms with Crippen LogP contribution in [0.4, 0.5) is 4.79 Å². The van der Waals surface area contributed by atoms with Gasteiger partial charge in [0.05, 0.1) is 13.7 Å². The highest BCUT2D eigenvalue weighted by Gasteiger charge is 2.14. The second-order valence-corrected chi connectivity index (χ2v) is 7.05. The fourth-order valence-electron chi connectivity index (χ4n) is 3.24. The number of imide groups is 1. The smallest absolute Gasteiger partial charge is 0.321 e. The largest absolute Gasteiger partial charge is 0.494 e. The van der Waals surface area contributed by atoms with Crippen molar-refractivity contribution in [3.05, 3.63) is 41.5 Å². The van der Waals surface area contributed by atoms with E-state index in [0.29, 0.717) is 19.7 Å². The maximum absolute atomic E-state index is 12.0. The van der Waals surface area contributed by atoms with Gasteiger partial charge < -0.3 is 15.0 Å².